The Kier molecular flexibility index (Phi) is 4.35. The molecule has 1 aromatic rings. The summed E-state index contributed by atoms with van der Waals surface area (Å²) in [6.07, 6.45) is 4.22. The highest BCUT2D eigenvalue weighted by molar-refractivity contribution is 5.01. The molecule has 1 aliphatic rings. The SMILES string of the molecule is CCOC(CC)(CC)c1noc(CNC2CC2)n1. The summed E-state index contributed by atoms with van der Waals surface area (Å²) >= 11 is 0. The van der Waals surface area contributed by atoms with E-state index in [9.17, 15) is 0 Å². The van der Waals surface area contributed by atoms with Gasteiger partial charge < -0.3 is 14.6 Å². The molecule has 0 amide bonds. The number of nitrogens with one attached hydrogen (secondary N) is 1. The predicted octanol–water partition coefficient (Wildman–Crippen LogP) is 2.37. The molecule has 0 unspecified atom stereocenters. The molecule has 18 heavy (non-hydrogen) atoms. The quantitative estimate of drug-likeness (QED) is 0.770. The van der Waals surface area contributed by atoms with E-state index in [-0.39, 0.29) is 0 Å². The van der Waals surface area contributed by atoms with Crippen LogP contribution in [0.25, 0.3) is 0 Å². The fraction of sp³-hybridized carbons (Fsp3) is 0.846. The van der Waals surface area contributed by atoms with Crippen LogP contribution in [-0.4, -0.2) is 22.8 Å². The van der Waals surface area contributed by atoms with E-state index in [1.54, 1.807) is 0 Å². The Morgan fingerprint density at radius 3 is 2.61 bits per heavy atom. The Balaban J connectivity index is 2.04. The highest BCUT2D eigenvalue weighted by Crippen LogP contribution is 2.30. The molecular weight excluding hydrogens is 230 g/mol. The first-order valence-corrected chi connectivity index (χ1v) is 6.94. The van der Waals surface area contributed by atoms with Crippen LogP contribution in [0.5, 0.6) is 0 Å². The van der Waals surface area contributed by atoms with E-state index >= 15 is 0 Å². The zero-order chi connectivity index (χ0) is 13.0. The van der Waals surface area contributed by atoms with Crippen molar-refractivity contribution in [3.05, 3.63) is 11.7 Å². The number of hydrogen-bond acceptors (Lipinski definition) is 5. The molecule has 0 spiro atoms. The van der Waals surface area contributed by atoms with Gasteiger partial charge in [0.15, 0.2) is 0 Å². The molecule has 1 aliphatic carbocycles. The zero-order valence-corrected chi connectivity index (χ0v) is 11.5. The molecule has 5 nitrogen and oxygen atoms in total. The first-order valence-electron chi connectivity index (χ1n) is 6.94. The summed E-state index contributed by atoms with van der Waals surface area (Å²) in [6.45, 7) is 7.50. The highest BCUT2D eigenvalue weighted by atomic mass is 16.5. The van der Waals surface area contributed by atoms with Gasteiger partial charge in [0.2, 0.25) is 11.7 Å². The van der Waals surface area contributed by atoms with Crippen molar-refractivity contribution in [3.8, 4) is 0 Å². The topological polar surface area (TPSA) is 60.2 Å². The van der Waals surface area contributed by atoms with Crippen molar-refractivity contribution >= 4 is 0 Å². The molecule has 0 atom stereocenters. The van der Waals surface area contributed by atoms with E-state index in [0.29, 0.717) is 30.9 Å². The Hall–Kier alpha value is -0.940. The molecule has 1 N–H and O–H groups in total. The number of hydrogen-bond donors (Lipinski definition) is 1. The minimum absolute atomic E-state index is 0.393. The van der Waals surface area contributed by atoms with Gasteiger partial charge in [0.25, 0.3) is 0 Å². The van der Waals surface area contributed by atoms with E-state index in [4.69, 9.17) is 9.26 Å². The van der Waals surface area contributed by atoms with Crippen LogP contribution in [0.1, 0.15) is 58.2 Å². The fourth-order valence-electron chi connectivity index (χ4n) is 2.14. The lowest BCUT2D eigenvalue weighted by atomic mass is 9.96. The molecule has 0 aromatic carbocycles. The molecule has 0 aliphatic heterocycles. The zero-order valence-electron chi connectivity index (χ0n) is 11.5. The van der Waals surface area contributed by atoms with Gasteiger partial charge in [0, 0.05) is 12.6 Å². The first-order chi connectivity index (χ1) is 8.74. The lowest BCUT2D eigenvalue weighted by molar-refractivity contribution is -0.0583. The van der Waals surface area contributed by atoms with Crippen LogP contribution in [0.3, 0.4) is 0 Å². The van der Waals surface area contributed by atoms with Gasteiger partial charge >= 0.3 is 0 Å². The van der Waals surface area contributed by atoms with Gasteiger partial charge in [-0.25, -0.2) is 0 Å². The predicted molar refractivity (Wildman–Crippen MR) is 68.0 cm³/mol. The average Bonchev–Trinajstić information content (AvgIpc) is 3.11. The summed E-state index contributed by atoms with van der Waals surface area (Å²) < 4.78 is 11.2. The second kappa shape index (κ2) is 5.80. The van der Waals surface area contributed by atoms with E-state index in [2.05, 4.69) is 29.3 Å². The van der Waals surface area contributed by atoms with Crippen LogP contribution < -0.4 is 5.32 Å². The molecule has 1 saturated carbocycles. The van der Waals surface area contributed by atoms with Crippen molar-refractivity contribution in [2.45, 2.75) is 64.6 Å². The van der Waals surface area contributed by atoms with Gasteiger partial charge in [-0.1, -0.05) is 19.0 Å². The van der Waals surface area contributed by atoms with Crippen LogP contribution >= 0.6 is 0 Å². The minimum atomic E-state index is -0.393. The van der Waals surface area contributed by atoms with E-state index in [1.807, 2.05) is 6.92 Å². The maximum atomic E-state index is 5.86. The number of ether oxygens (including phenoxy) is 1. The van der Waals surface area contributed by atoms with Crippen molar-refractivity contribution in [3.63, 3.8) is 0 Å². The van der Waals surface area contributed by atoms with E-state index < -0.39 is 5.60 Å². The minimum Gasteiger partial charge on any atom is -0.367 e. The van der Waals surface area contributed by atoms with Crippen molar-refractivity contribution < 1.29 is 9.26 Å². The lowest BCUT2D eigenvalue weighted by Gasteiger charge is -2.27. The third kappa shape index (κ3) is 2.90. The summed E-state index contributed by atoms with van der Waals surface area (Å²) in [5, 5.41) is 7.46. The second-order valence-electron chi connectivity index (χ2n) is 4.80. The van der Waals surface area contributed by atoms with Gasteiger partial charge in [-0.2, -0.15) is 4.98 Å². The molecule has 2 rings (SSSR count). The van der Waals surface area contributed by atoms with Crippen LogP contribution in [0.2, 0.25) is 0 Å². The Morgan fingerprint density at radius 2 is 2.06 bits per heavy atom. The molecule has 0 radical (unpaired) electrons. The maximum Gasteiger partial charge on any atom is 0.240 e. The highest BCUT2D eigenvalue weighted by Gasteiger charge is 2.34. The molecule has 1 fully saturated rings. The molecule has 1 heterocycles. The van der Waals surface area contributed by atoms with E-state index in [0.717, 1.165) is 12.8 Å². The molecule has 102 valence electrons. The number of nitrogens with zero attached hydrogens (tertiary/aromatic N) is 2. The smallest absolute Gasteiger partial charge is 0.240 e. The fourth-order valence-corrected chi connectivity index (χ4v) is 2.14. The molecule has 1 aromatic heterocycles. The van der Waals surface area contributed by atoms with Crippen LogP contribution in [0.4, 0.5) is 0 Å². The summed E-state index contributed by atoms with van der Waals surface area (Å²) in [4.78, 5) is 4.48. The van der Waals surface area contributed by atoms with Crippen molar-refractivity contribution in [2.75, 3.05) is 6.61 Å². The first kappa shape index (κ1) is 13.5. The molecular formula is C13H23N3O2. The third-order valence-corrected chi connectivity index (χ3v) is 3.56. The summed E-state index contributed by atoms with van der Waals surface area (Å²) in [5.74, 6) is 1.34. The largest absolute Gasteiger partial charge is 0.367 e. The Bertz CT molecular complexity index is 370. The van der Waals surface area contributed by atoms with E-state index in [1.165, 1.54) is 12.8 Å². The summed E-state index contributed by atoms with van der Waals surface area (Å²) in [6, 6.07) is 0.648. The molecule has 0 saturated heterocycles. The Morgan fingerprint density at radius 1 is 1.33 bits per heavy atom. The van der Waals surface area contributed by atoms with Gasteiger partial charge in [-0.3, -0.25) is 0 Å². The number of aromatic nitrogens is 2. The van der Waals surface area contributed by atoms with Crippen molar-refractivity contribution in [2.24, 2.45) is 0 Å². The van der Waals surface area contributed by atoms with Crippen LogP contribution in [0, 0.1) is 0 Å². The average molecular weight is 253 g/mol. The van der Waals surface area contributed by atoms with Gasteiger partial charge in [-0.05, 0) is 32.6 Å². The summed E-state index contributed by atoms with van der Waals surface area (Å²) in [5.41, 5.74) is -0.393. The van der Waals surface area contributed by atoms with Crippen LogP contribution in [0.15, 0.2) is 4.52 Å². The molecule has 5 heteroatoms. The van der Waals surface area contributed by atoms with Crippen LogP contribution in [-0.2, 0) is 16.9 Å². The normalized spacial score (nSPS) is 16.2. The monoisotopic (exact) mass is 253 g/mol. The summed E-state index contributed by atoms with van der Waals surface area (Å²) in [7, 11) is 0. The van der Waals surface area contributed by atoms with Gasteiger partial charge in [-0.15, -0.1) is 0 Å². The van der Waals surface area contributed by atoms with Gasteiger partial charge in [0.1, 0.15) is 5.60 Å². The maximum absolute atomic E-state index is 5.86. The number of rotatable bonds is 8. The van der Waals surface area contributed by atoms with Gasteiger partial charge in [0.05, 0.1) is 6.54 Å². The van der Waals surface area contributed by atoms with Crippen molar-refractivity contribution in [1.29, 1.82) is 0 Å². The third-order valence-electron chi connectivity index (χ3n) is 3.56. The standard InChI is InChI=1S/C13H23N3O2/c1-4-13(5-2,17-6-3)12-15-11(18-16-12)9-14-10-7-8-10/h10,14H,4-9H2,1-3H3. The van der Waals surface area contributed by atoms with Crippen molar-refractivity contribution in [1.82, 2.24) is 15.5 Å². The molecule has 0 bridgehead atoms. The lowest BCUT2D eigenvalue weighted by Crippen LogP contribution is -2.30. The second-order valence-corrected chi connectivity index (χ2v) is 4.80. The Labute approximate surface area is 108 Å².